The second-order valence-corrected chi connectivity index (χ2v) is 3.06. The lowest BCUT2D eigenvalue weighted by atomic mass is 10.0. The number of nitrogens with one attached hydrogen (secondary N) is 1. The largest absolute Gasteiger partial charge is 0.506 e. The van der Waals surface area contributed by atoms with Gasteiger partial charge in [0.25, 0.3) is 0 Å². The second-order valence-electron chi connectivity index (χ2n) is 3.06. The van der Waals surface area contributed by atoms with E-state index in [0.29, 0.717) is 5.75 Å². The van der Waals surface area contributed by atoms with Crippen molar-refractivity contribution in [3.8, 4) is 5.75 Å². The van der Waals surface area contributed by atoms with Gasteiger partial charge in [-0.2, -0.15) is 0 Å². The summed E-state index contributed by atoms with van der Waals surface area (Å²) < 4.78 is 0. The molecule has 0 amide bonds. The summed E-state index contributed by atoms with van der Waals surface area (Å²) in [5.74, 6) is 0.305. The lowest BCUT2D eigenvalue weighted by Crippen LogP contribution is -2.13. The number of hydrogen-bond donors (Lipinski definition) is 3. The summed E-state index contributed by atoms with van der Waals surface area (Å²) in [5, 5.41) is 12.6. The molecule has 4 N–H and O–H groups in total. The molecule has 0 atom stereocenters. The van der Waals surface area contributed by atoms with Gasteiger partial charge in [-0.3, -0.25) is 0 Å². The Bertz CT molecular complexity index is 279. The van der Waals surface area contributed by atoms with E-state index in [2.05, 4.69) is 5.32 Å². The molecule has 0 radical (unpaired) electrons. The Balaban J connectivity index is 2.57. The Morgan fingerprint density at radius 3 is 3.00 bits per heavy atom. The van der Waals surface area contributed by atoms with Crippen LogP contribution in [0.2, 0.25) is 0 Å². The first kappa shape index (κ1) is 7.28. The summed E-state index contributed by atoms with van der Waals surface area (Å²) in [5.41, 5.74) is 8.41. The molecule has 0 saturated heterocycles. The van der Waals surface area contributed by atoms with Crippen LogP contribution in [0.15, 0.2) is 12.1 Å². The predicted octanol–water partition coefficient (Wildman–Crippen LogP) is 1.33. The van der Waals surface area contributed by atoms with E-state index in [1.807, 2.05) is 0 Å². The molecule has 0 aromatic heterocycles. The highest BCUT2D eigenvalue weighted by molar-refractivity contribution is 5.71. The number of phenolic OH excluding ortho intramolecular Hbond substituents is 1. The zero-order valence-corrected chi connectivity index (χ0v) is 6.80. The molecule has 64 valence electrons. The van der Waals surface area contributed by atoms with Gasteiger partial charge in [0.1, 0.15) is 5.75 Å². The van der Waals surface area contributed by atoms with Crippen molar-refractivity contribution in [2.45, 2.75) is 12.8 Å². The summed E-state index contributed by atoms with van der Waals surface area (Å²) in [6, 6.07) is 3.38. The maximum absolute atomic E-state index is 9.46. The number of hydrogen-bond acceptors (Lipinski definition) is 3. The SMILES string of the molecule is Nc1ccc(O)c2c1CCCN2. The molecule has 1 aliphatic heterocycles. The molecule has 1 heterocycles. The molecule has 1 aromatic rings. The summed E-state index contributed by atoms with van der Waals surface area (Å²) in [6.07, 6.45) is 2.04. The number of anilines is 2. The number of benzene rings is 1. The molecule has 12 heavy (non-hydrogen) atoms. The first-order chi connectivity index (χ1) is 5.79. The fourth-order valence-corrected chi connectivity index (χ4v) is 1.60. The summed E-state index contributed by atoms with van der Waals surface area (Å²) in [7, 11) is 0. The molecule has 1 aromatic carbocycles. The smallest absolute Gasteiger partial charge is 0.139 e. The molecule has 0 fully saturated rings. The van der Waals surface area contributed by atoms with Crippen LogP contribution < -0.4 is 11.1 Å². The summed E-state index contributed by atoms with van der Waals surface area (Å²) in [4.78, 5) is 0. The van der Waals surface area contributed by atoms with Crippen molar-refractivity contribution in [1.82, 2.24) is 0 Å². The fourth-order valence-electron chi connectivity index (χ4n) is 1.60. The van der Waals surface area contributed by atoms with Gasteiger partial charge in [0.15, 0.2) is 0 Å². The van der Waals surface area contributed by atoms with Gasteiger partial charge in [0.2, 0.25) is 0 Å². The Morgan fingerprint density at radius 2 is 2.25 bits per heavy atom. The first-order valence-corrected chi connectivity index (χ1v) is 4.13. The standard InChI is InChI=1S/C9H12N2O/c10-7-3-4-8(12)9-6(7)2-1-5-11-9/h3-4,11-12H,1-2,5,10H2. The lowest BCUT2D eigenvalue weighted by molar-refractivity contribution is 0.475. The zero-order chi connectivity index (χ0) is 8.55. The van der Waals surface area contributed by atoms with E-state index >= 15 is 0 Å². The molecule has 1 aliphatic rings. The van der Waals surface area contributed by atoms with Crippen LogP contribution in [-0.2, 0) is 6.42 Å². The average Bonchev–Trinajstić information content (AvgIpc) is 2.12. The Labute approximate surface area is 71.2 Å². The molecule has 0 unspecified atom stereocenters. The highest BCUT2D eigenvalue weighted by Gasteiger charge is 2.14. The van der Waals surface area contributed by atoms with E-state index < -0.39 is 0 Å². The molecule has 3 heteroatoms. The first-order valence-electron chi connectivity index (χ1n) is 4.13. The number of rotatable bonds is 0. The van der Waals surface area contributed by atoms with Gasteiger partial charge >= 0.3 is 0 Å². The maximum Gasteiger partial charge on any atom is 0.139 e. The monoisotopic (exact) mass is 164 g/mol. The van der Waals surface area contributed by atoms with Gasteiger partial charge < -0.3 is 16.2 Å². The van der Waals surface area contributed by atoms with Crippen LogP contribution in [0.5, 0.6) is 5.75 Å². The molecule has 2 rings (SSSR count). The van der Waals surface area contributed by atoms with Gasteiger partial charge in [-0.15, -0.1) is 0 Å². The number of aromatic hydroxyl groups is 1. The molecular weight excluding hydrogens is 152 g/mol. The molecule has 0 spiro atoms. The van der Waals surface area contributed by atoms with Crippen molar-refractivity contribution in [1.29, 1.82) is 0 Å². The van der Waals surface area contributed by atoms with Crippen molar-refractivity contribution >= 4 is 11.4 Å². The number of nitrogens with two attached hydrogens (primary N) is 1. The van der Waals surface area contributed by atoms with E-state index in [0.717, 1.165) is 36.3 Å². The van der Waals surface area contributed by atoms with Crippen LogP contribution in [0.1, 0.15) is 12.0 Å². The number of nitrogen functional groups attached to an aromatic ring is 1. The molecule has 3 nitrogen and oxygen atoms in total. The zero-order valence-electron chi connectivity index (χ0n) is 6.80. The molecule has 0 aliphatic carbocycles. The van der Waals surface area contributed by atoms with E-state index in [4.69, 9.17) is 5.73 Å². The van der Waals surface area contributed by atoms with Gasteiger partial charge in [0.05, 0.1) is 5.69 Å². The van der Waals surface area contributed by atoms with Crippen LogP contribution in [0, 0.1) is 0 Å². The van der Waals surface area contributed by atoms with Gasteiger partial charge in [-0.05, 0) is 25.0 Å². The van der Waals surface area contributed by atoms with Crippen LogP contribution >= 0.6 is 0 Å². The van der Waals surface area contributed by atoms with Crippen molar-refractivity contribution in [2.75, 3.05) is 17.6 Å². The van der Waals surface area contributed by atoms with E-state index in [1.54, 1.807) is 12.1 Å². The van der Waals surface area contributed by atoms with E-state index in [-0.39, 0.29) is 0 Å². The van der Waals surface area contributed by atoms with Gasteiger partial charge in [0, 0.05) is 17.8 Å². The Hall–Kier alpha value is -1.38. The highest BCUT2D eigenvalue weighted by atomic mass is 16.3. The number of fused-ring (bicyclic) bond motifs is 1. The van der Waals surface area contributed by atoms with Crippen LogP contribution in [0.25, 0.3) is 0 Å². The highest BCUT2D eigenvalue weighted by Crippen LogP contribution is 2.34. The van der Waals surface area contributed by atoms with Crippen molar-refractivity contribution < 1.29 is 5.11 Å². The van der Waals surface area contributed by atoms with Crippen molar-refractivity contribution in [2.24, 2.45) is 0 Å². The summed E-state index contributed by atoms with van der Waals surface area (Å²) >= 11 is 0. The Morgan fingerprint density at radius 1 is 1.42 bits per heavy atom. The second kappa shape index (κ2) is 2.59. The topological polar surface area (TPSA) is 58.3 Å². The van der Waals surface area contributed by atoms with E-state index in [9.17, 15) is 5.11 Å². The summed E-state index contributed by atoms with van der Waals surface area (Å²) in [6.45, 7) is 0.921. The molecule has 0 bridgehead atoms. The average molecular weight is 164 g/mol. The van der Waals surface area contributed by atoms with Crippen molar-refractivity contribution in [3.05, 3.63) is 17.7 Å². The Kier molecular flexibility index (Phi) is 1.57. The lowest BCUT2D eigenvalue weighted by Gasteiger charge is -2.20. The normalized spacial score (nSPS) is 15.0. The van der Waals surface area contributed by atoms with Crippen molar-refractivity contribution in [3.63, 3.8) is 0 Å². The van der Waals surface area contributed by atoms with Crippen LogP contribution in [-0.4, -0.2) is 11.7 Å². The minimum Gasteiger partial charge on any atom is -0.506 e. The number of phenols is 1. The van der Waals surface area contributed by atoms with Gasteiger partial charge in [-0.25, -0.2) is 0 Å². The third kappa shape index (κ3) is 0.978. The fraction of sp³-hybridized carbons (Fsp3) is 0.333. The third-order valence-corrected chi connectivity index (χ3v) is 2.23. The third-order valence-electron chi connectivity index (χ3n) is 2.23. The molecule has 0 saturated carbocycles. The minimum atomic E-state index is 0.305. The van der Waals surface area contributed by atoms with Gasteiger partial charge in [-0.1, -0.05) is 0 Å². The maximum atomic E-state index is 9.46. The van der Waals surface area contributed by atoms with E-state index in [1.165, 1.54) is 0 Å². The quantitative estimate of drug-likeness (QED) is 0.308. The minimum absolute atomic E-state index is 0.305. The van der Waals surface area contributed by atoms with Crippen LogP contribution in [0.3, 0.4) is 0 Å². The molecular formula is C9H12N2O. The van der Waals surface area contributed by atoms with Crippen LogP contribution in [0.4, 0.5) is 11.4 Å². The predicted molar refractivity (Wildman–Crippen MR) is 49.3 cm³/mol.